The molecule has 0 saturated heterocycles. The molecule has 0 rings (SSSR count). The quantitative estimate of drug-likeness (QED) is 0.417. The molecule has 0 aromatic carbocycles. The van der Waals surface area contributed by atoms with E-state index in [1.54, 1.807) is 0 Å². The van der Waals surface area contributed by atoms with Crippen molar-refractivity contribution >= 4 is 61.3 Å². The fraction of sp³-hybridized carbons (Fsp3) is 0. The van der Waals surface area contributed by atoms with Crippen LogP contribution in [0.2, 0.25) is 0 Å². The predicted molar refractivity (Wildman–Crippen MR) is 47.8 cm³/mol. The third kappa shape index (κ3) is 9.07. The van der Waals surface area contributed by atoms with Gasteiger partial charge in [0.15, 0.2) is 0 Å². The second kappa shape index (κ2) is 4.60. The van der Waals surface area contributed by atoms with Gasteiger partial charge in [-0.15, -0.1) is 0 Å². The summed E-state index contributed by atoms with van der Waals surface area (Å²) in [5.41, 5.74) is 0. The van der Waals surface area contributed by atoms with E-state index < -0.39 is 16.3 Å². The molecule has 0 heterocycles. The molecule has 4 heteroatoms. The third-order valence-corrected chi connectivity index (χ3v) is 0. The molecule has 0 nitrogen and oxygen atoms in total. The van der Waals surface area contributed by atoms with Crippen LogP contribution in [0.15, 0.2) is 0 Å². The Labute approximate surface area is 58.5 Å². The van der Waals surface area contributed by atoms with E-state index >= 15 is 0 Å². The zero-order valence-electron chi connectivity index (χ0n) is 1.84. The molecule has 0 aliphatic rings. The minimum absolute atomic E-state index is 0.715. The molecule has 0 bridgehead atoms. The van der Waals surface area contributed by atoms with Gasteiger partial charge < -0.3 is 0 Å². The van der Waals surface area contributed by atoms with E-state index in [1.165, 1.54) is 0 Å². The van der Waals surface area contributed by atoms with Crippen LogP contribution in [0.3, 0.4) is 0 Å². The van der Waals surface area contributed by atoms with Crippen molar-refractivity contribution in [2.24, 2.45) is 0 Å². The molecule has 0 saturated carbocycles. The number of halogens is 3. The van der Waals surface area contributed by atoms with E-state index in [-0.39, 0.29) is 0 Å². The van der Waals surface area contributed by atoms with Crippen molar-refractivity contribution in [3.8, 4) is 0 Å². The van der Waals surface area contributed by atoms with Crippen molar-refractivity contribution in [2.45, 2.75) is 0 Å². The van der Waals surface area contributed by atoms with Gasteiger partial charge in [0.25, 0.3) is 0 Å². The van der Waals surface area contributed by atoms with Crippen LogP contribution in [0.25, 0.3) is 0 Å². The Morgan fingerprint density at radius 3 is 1.00 bits per heavy atom. The maximum atomic E-state index is 2.53. The van der Waals surface area contributed by atoms with Gasteiger partial charge in [-0.05, 0) is 0 Å². The van der Waals surface area contributed by atoms with Crippen molar-refractivity contribution in [2.75, 3.05) is 0 Å². The van der Waals surface area contributed by atoms with Gasteiger partial charge in [-0.2, -0.15) is 0 Å². The van der Waals surface area contributed by atoms with Crippen LogP contribution in [0, 0.1) is 0 Å². The number of hydrogen-bond donors (Lipinski definition) is 0. The van der Waals surface area contributed by atoms with E-state index in [9.17, 15) is 0 Å². The molecule has 0 unspecified atom stereocenters. The summed E-state index contributed by atoms with van der Waals surface area (Å²) >= 11 is 6.86. The Kier molecular flexibility index (Phi) is 8.58. The van der Waals surface area contributed by atoms with Crippen LogP contribution in [0.5, 0.6) is 0 Å². The average Bonchev–Trinajstić information content (AvgIpc) is 0.811. The fourth-order valence-corrected chi connectivity index (χ4v) is 0. The molecule has 0 atom stereocenters. The van der Waals surface area contributed by atoms with Crippen molar-refractivity contribution in [3.05, 3.63) is 0 Å². The maximum absolute atomic E-state index is 2.53. The Morgan fingerprint density at radius 1 is 1.00 bits per heavy atom. The van der Waals surface area contributed by atoms with E-state index in [2.05, 4.69) is 45.0 Å². The number of hydrogen-bond acceptors (Lipinski definition) is 0. The van der Waals surface area contributed by atoms with Crippen molar-refractivity contribution < 1.29 is 0 Å². The molecule has 4 heavy (non-hydrogen) atoms. The van der Waals surface area contributed by atoms with Crippen LogP contribution < -0.4 is 0 Å². The predicted octanol–water partition coefficient (Wildman–Crippen LogP) is 2.28. The molecule has 0 aliphatic heterocycles. The second-order valence-electron chi connectivity index (χ2n) is 0.303. The summed E-state index contributed by atoms with van der Waals surface area (Å²) in [6.45, 7) is 0. The van der Waals surface area contributed by atoms with Gasteiger partial charge in [0.05, 0.1) is 0 Å². The fourth-order valence-electron chi connectivity index (χ4n) is 0. The standard InChI is InChI=1S/Ca.3HI/h;3*1H/q+3;;;/p-3. The topological polar surface area (TPSA) is 0 Å². The molecule has 0 aliphatic carbocycles. The monoisotopic (exact) mass is 421 g/mol. The first-order chi connectivity index (χ1) is 1.73. The van der Waals surface area contributed by atoms with E-state index in [0.29, 0.717) is 0 Å². The van der Waals surface area contributed by atoms with Crippen LogP contribution >= 0.6 is 45.0 Å². The Morgan fingerprint density at radius 2 is 1.00 bits per heavy atom. The third-order valence-electron chi connectivity index (χ3n) is 0. The molecule has 0 spiro atoms. The van der Waals surface area contributed by atoms with Crippen molar-refractivity contribution in [3.63, 3.8) is 0 Å². The van der Waals surface area contributed by atoms with E-state index in [4.69, 9.17) is 0 Å². The van der Waals surface area contributed by atoms with Gasteiger partial charge in [0.1, 0.15) is 0 Å². The summed E-state index contributed by atoms with van der Waals surface area (Å²) in [6, 6.07) is 0. The van der Waals surface area contributed by atoms with Crippen LogP contribution in [0.1, 0.15) is 0 Å². The zero-order valence-corrected chi connectivity index (χ0v) is 10.5. The van der Waals surface area contributed by atoms with Gasteiger partial charge in [0, 0.05) is 0 Å². The first-order valence-corrected chi connectivity index (χ1v) is 22.2. The summed E-state index contributed by atoms with van der Waals surface area (Å²) < 4.78 is 0. The first kappa shape index (κ1) is 7.45. The van der Waals surface area contributed by atoms with Crippen LogP contribution in [0.4, 0.5) is 0 Å². The molecule has 23 valence electrons. The van der Waals surface area contributed by atoms with Crippen molar-refractivity contribution in [1.82, 2.24) is 0 Å². The van der Waals surface area contributed by atoms with Gasteiger partial charge in [-0.25, -0.2) is 0 Å². The van der Waals surface area contributed by atoms with Gasteiger partial charge in [0.2, 0.25) is 0 Å². The molecular weight excluding hydrogens is 421 g/mol. The molecule has 0 aromatic heterocycles. The summed E-state index contributed by atoms with van der Waals surface area (Å²) in [7, 11) is 0. The molecule has 0 N–H and O–H groups in total. The average molecular weight is 421 g/mol. The van der Waals surface area contributed by atoms with Gasteiger partial charge in [-0.3, -0.25) is 0 Å². The summed E-state index contributed by atoms with van der Waals surface area (Å²) in [6.07, 6.45) is 0. The molecular formula is CaI3. The molecule has 0 fully saturated rings. The minimum atomic E-state index is -0.715. The Hall–Kier alpha value is 3.45. The summed E-state index contributed by atoms with van der Waals surface area (Å²) in [5, 5.41) is 0. The molecule has 0 aromatic rings. The number of rotatable bonds is 0. The Bertz CT molecular complexity index is 8.00. The second-order valence-corrected chi connectivity index (χ2v) is 56.2. The van der Waals surface area contributed by atoms with Crippen LogP contribution in [-0.4, -0.2) is 16.3 Å². The van der Waals surface area contributed by atoms with Crippen molar-refractivity contribution in [1.29, 1.82) is 0 Å². The van der Waals surface area contributed by atoms with Gasteiger partial charge in [-0.1, -0.05) is 0 Å². The molecule has 3 radical (unpaired) electrons. The van der Waals surface area contributed by atoms with Gasteiger partial charge >= 0.3 is 61.3 Å². The van der Waals surface area contributed by atoms with E-state index in [0.717, 1.165) is 0 Å². The normalized spacial score (nSPS) is 9.00. The summed E-state index contributed by atoms with van der Waals surface area (Å²) in [4.78, 5) is 0. The first-order valence-electron chi connectivity index (χ1n) is 0.802. The summed E-state index contributed by atoms with van der Waals surface area (Å²) in [5.74, 6) is 0. The SMILES string of the molecule is [I][Ca]([I])[I]. The zero-order chi connectivity index (χ0) is 3.58. The van der Waals surface area contributed by atoms with Crippen LogP contribution in [-0.2, 0) is 0 Å². The Balaban J connectivity index is 2.32. The van der Waals surface area contributed by atoms with E-state index in [1.807, 2.05) is 0 Å². The molecule has 0 amide bonds.